The van der Waals surface area contributed by atoms with Crippen molar-refractivity contribution in [2.24, 2.45) is 7.05 Å². The number of aryl methyl sites for hydroxylation is 2. The summed E-state index contributed by atoms with van der Waals surface area (Å²) in [6, 6.07) is 5.35. The van der Waals surface area contributed by atoms with Crippen LogP contribution in [0.25, 0.3) is 11.4 Å². The number of benzene rings is 1. The molecule has 13 heteroatoms. The molecule has 4 rings (SSSR count). The summed E-state index contributed by atoms with van der Waals surface area (Å²) in [6.07, 6.45) is -4.74. The molecule has 1 saturated heterocycles. The van der Waals surface area contributed by atoms with E-state index in [0.29, 0.717) is 24.4 Å². The zero-order chi connectivity index (χ0) is 25.3. The van der Waals surface area contributed by atoms with Gasteiger partial charge in [-0.15, -0.1) is 0 Å². The molecule has 1 fully saturated rings. The highest BCUT2D eigenvalue weighted by Crippen LogP contribution is 2.29. The number of ether oxygens (including phenoxy) is 1. The molecule has 35 heavy (non-hydrogen) atoms. The number of rotatable bonds is 5. The van der Waals surface area contributed by atoms with Gasteiger partial charge in [0.25, 0.3) is 11.8 Å². The minimum Gasteiger partial charge on any atom is -0.377 e. The quantitative estimate of drug-likeness (QED) is 0.582. The third-order valence-electron chi connectivity index (χ3n) is 5.78. The van der Waals surface area contributed by atoms with Crippen molar-refractivity contribution >= 4 is 11.8 Å². The van der Waals surface area contributed by atoms with Crippen LogP contribution in [0.3, 0.4) is 0 Å². The van der Waals surface area contributed by atoms with Crippen molar-refractivity contribution in [1.82, 2.24) is 30.1 Å². The van der Waals surface area contributed by atoms with Crippen molar-refractivity contribution in [2.45, 2.75) is 26.1 Å². The number of hydrogen-bond acceptors (Lipinski definition) is 7. The van der Waals surface area contributed by atoms with Crippen molar-refractivity contribution in [1.29, 1.82) is 0 Å². The lowest BCUT2D eigenvalue weighted by atomic mass is 10.1. The molecule has 186 valence electrons. The van der Waals surface area contributed by atoms with Crippen LogP contribution in [0.2, 0.25) is 0 Å². The van der Waals surface area contributed by atoms with Crippen LogP contribution in [-0.4, -0.2) is 69.0 Å². The number of halogens is 3. The molecular weight excluding hydrogens is 469 g/mol. The molecule has 10 nitrogen and oxygen atoms in total. The minimum absolute atomic E-state index is 0.157. The van der Waals surface area contributed by atoms with Crippen molar-refractivity contribution in [3.63, 3.8) is 0 Å². The molecule has 0 aliphatic carbocycles. The van der Waals surface area contributed by atoms with Gasteiger partial charge in [0, 0.05) is 37.0 Å². The van der Waals surface area contributed by atoms with E-state index in [2.05, 4.69) is 25.1 Å². The fourth-order valence-corrected chi connectivity index (χ4v) is 3.86. The Kier molecular flexibility index (Phi) is 6.61. The Bertz CT molecular complexity index is 1240. The summed E-state index contributed by atoms with van der Waals surface area (Å²) in [4.78, 5) is 30.9. The molecule has 0 bridgehead atoms. The summed E-state index contributed by atoms with van der Waals surface area (Å²) in [7, 11) is 1.77. The van der Waals surface area contributed by atoms with Gasteiger partial charge in [0.05, 0.1) is 30.5 Å². The largest absolute Gasteiger partial charge is 0.471 e. The van der Waals surface area contributed by atoms with E-state index in [4.69, 9.17) is 4.74 Å². The SMILES string of the molecule is Cc1nn(C)c(C)c1C(=O)N1CCOC[C@@H]1CNC(=O)c1ccc(-c2noc(C(F)(F)F)n2)cc1. The van der Waals surface area contributed by atoms with Crippen molar-refractivity contribution in [3.8, 4) is 11.4 Å². The van der Waals surface area contributed by atoms with E-state index < -0.39 is 18.0 Å². The summed E-state index contributed by atoms with van der Waals surface area (Å²) in [5.74, 6) is -2.26. The molecule has 0 unspecified atom stereocenters. The minimum atomic E-state index is -4.74. The van der Waals surface area contributed by atoms with Crippen LogP contribution >= 0.6 is 0 Å². The van der Waals surface area contributed by atoms with E-state index in [-0.39, 0.29) is 42.1 Å². The maximum Gasteiger partial charge on any atom is 0.471 e. The molecule has 3 aromatic rings. The molecule has 1 aliphatic heterocycles. The molecule has 0 saturated carbocycles. The van der Waals surface area contributed by atoms with Gasteiger partial charge in [0.15, 0.2) is 0 Å². The third kappa shape index (κ3) is 5.04. The summed E-state index contributed by atoms with van der Waals surface area (Å²) in [5, 5.41) is 10.4. The Balaban J connectivity index is 1.41. The number of amides is 2. The molecule has 0 radical (unpaired) electrons. The average molecular weight is 492 g/mol. The number of nitrogens with zero attached hydrogens (tertiary/aromatic N) is 5. The summed E-state index contributed by atoms with van der Waals surface area (Å²) in [6.45, 7) is 4.80. The van der Waals surface area contributed by atoms with Gasteiger partial charge in [0.1, 0.15) is 0 Å². The first-order chi connectivity index (χ1) is 16.6. The normalized spacial score (nSPS) is 16.4. The van der Waals surface area contributed by atoms with E-state index in [1.807, 2.05) is 6.92 Å². The fraction of sp³-hybridized carbons (Fsp3) is 0.409. The highest BCUT2D eigenvalue weighted by Gasteiger charge is 2.38. The number of morpholine rings is 1. The van der Waals surface area contributed by atoms with Crippen LogP contribution in [0.5, 0.6) is 0 Å². The standard InChI is InChI=1S/C22H23F3N6O4/c1-12-17(13(2)30(3)28-12)20(33)31-8-9-34-11-16(31)10-26-19(32)15-6-4-14(5-7-15)18-27-21(35-29-18)22(23,24)25/h4-7,16H,8-11H2,1-3H3,(H,26,32)/t16-/m0/s1. The second kappa shape index (κ2) is 9.49. The monoisotopic (exact) mass is 492 g/mol. The Morgan fingerprint density at radius 1 is 1.20 bits per heavy atom. The highest BCUT2D eigenvalue weighted by atomic mass is 19.4. The van der Waals surface area contributed by atoms with E-state index in [1.54, 1.807) is 23.6 Å². The predicted molar refractivity (Wildman–Crippen MR) is 115 cm³/mol. The lowest BCUT2D eigenvalue weighted by Gasteiger charge is -2.35. The molecule has 3 heterocycles. The van der Waals surface area contributed by atoms with Crippen LogP contribution in [0.1, 0.15) is 38.0 Å². The van der Waals surface area contributed by atoms with Gasteiger partial charge in [0.2, 0.25) is 5.82 Å². The zero-order valence-electron chi connectivity index (χ0n) is 19.2. The summed E-state index contributed by atoms with van der Waals surface area (Å²) in [5.41, 5.74) is 2.47. The third-order valence-corrected chi connectivity index (χ3v) is 5.78. The van der Waals surface area contributed by atoms with E-state index in [0.717, 1.165) is 5.69 Å². The van der Waals surface area contributed by atoms with E-state index >= 15 is 0 Å². The Labute approximate surface area is 198 Å². The summed E-state index contributed by atoms with van der Waals surface area (Å²) >= 11 is 0. The predicted octanol–water partition coefficient (Wildman–Crippen LogP) is 2.38. The maximum atomic E-state index is 13.2. The van der Waals surface area contributed by atoms with Gasteiger partial charge in [-0.25, -0.2) is 0 Å². The van der Waals surface area contributed by atoms with Crippen molar-refractivity contribution < 1.29 is 32.0 Å². The molecule has 0 spiro atoms. The number of nitrogens with one attached hydrogen (secondary N) is 1. The Morgan fingerprint density at radius 3 is 2.51 bits per heavy atom. The smallest absolute Gasteiger partial charge is 0.377 e. The van der Waals surface area contributed by atoms with Crippen molar-refractivity contribution in [3.05, 3.63) is 52.7 Å². The number of alkyl halides is 3. The lowest BCUT2D eigenvalue weighted by molar-refractivity contribution is -0.159. The molecule has 1 N–H and O–H groups in total. The molecule has 2 aromatic heterocycles. The molecule has 1 aromatic carbocycles. The number of hydrogen-bond donors (Lipinski definition) is 1. The van der Waals surface area contributed by atoms with Crippen LogP contribution in [0, 0.1) is 13.8 Å². The second-order valence-electron chi connectivity index (χ2n) is 8.10. The number of aromatic nitrogens is 4. The first-order valence-electron chi connectivity index (χ1n) is 10.7. The van der Waals surface area contributed by atoms with Gasteiger partial charge < -0.3 is 19.5 Å². The first kappa shape index (κ1) is 24.4. The Morgan fingerprint density at radius 2 is 1.91 bits per heavy atom. The fourth-order valence-electron chi connectivity index (χ4n) is 3.86. The van der Waals surface area contributed by atoms with E-state index in [1.165, 1.54) is 24.3 Å². The average Bonchev–Trinajstić information content (AvgIpc) is 3.42. The first-order valence-corrected chi connectivity index (χ1v) is 10.7. The molecule has 1 aliphatic rings. The van der Waals surface area contributed by atoms with Gasteiger partial charge >= 0.3 is 12.1 Å². The topological polar surface area (TPSA) is 115 Å². The number of carbonyl (C=O) groups excluding carboxylic acids is 2. The van der Waals surface area contributed by atoms with Gasteiger partial charge in [-0.2, -0.15) is 23.3 Å². The van der Waals surface area contributed by atoms with Crippen LogP contribution in [0.4, 0.5) is 13.2 Å². The molecule has 1 atom stereocenters. The van der Waals surface area contributed by atoms with Gasteiger partial charge in [-0.3, -0.25) is 14.3 Å². The van der Waals surface area contributed by atoms with Crippen LogP contribution in [-0.2, 0) is 18.0 Å². The lowest BCUT2D eigenvalue weighted by Crippen LogP contribution is -2.53. The highest BCUT2D eigenvalue weighted by molar-refractivity contribution is 5.97. The van der Waals surface area contributed by atoms with Crippen LogP contribution in [0.15, 0.2) is 28.8 Å². The molecule has 2 amide bonds. The molecular formula is C22H23F3N6O4. The summed E-state index contributed by atoms with van der Waals surface area (Å²) < 4.78 is 49.4. The van der Waals surface area contributed by atoms with Crippen molar-refractivity contribution in [2.75, 3.05) is 26.3 Å². The number of carbonyl (C=O) groups is 2. The second-order valence-corrected chi connectivity index (χ2v) is 8.10. The zero-order valence-corrected chi connectivity index (χ0v) is 19.2. The van der Waals surface area contributed by atoms with Gasteiger partial charge in [-0.05, 0) is 26.0 Å². The van der Waals surface area contributed by atoms with Crippen LogP contribution < -0.4 is 5.32 Å². The Hall–Kier alpha value is -3.74. The maximum absolute atomic E-state index is 13.2. The van der Waals surface area contributed by atoms with E-state index in [9.17, 15) is 22.8 Å². The van der Waals surface area contributed by atoms with Gasteiger partial charge in [-0.1, -0.05) is 17.3 Å².